The number of amides is 2. The van der Waals surface area contributed by atoms with E-state index in [9.17, 15) is 33.3 Å². The molecule has 172 valence electrons. The van der Waals surface area contributed by atoms with Crippen molar-refractivity contribution in [3.63, 3.8) is 0 Å². The number of carbonyl (C=O) groups is 2. The zero-order chi connectivity index (χ0) is 23.5. The standard InChI is InChI=1S/C20H23N3O7S2/c21-19(27)15(8-11-3-5-13(24)6-4-11)22-20(28)12-9-14(18(26)16(25)10-12)23-32(29,30)17-2-1-7-31-17/h1-7,9,14-16,18,23-26H,8,10H2,(H2,21,27)(H,22,28). The predicted molar refractivity (Wildman–Crippen MR) is 116 cm³/mol. The summed E-state index contributed by atoms with van der Waals surface area (Å²) in [5.74, 6) is -1.47. The van der Waals surface area contributed by atoms with Crippen LogP contribution < -0.4 is 15.8 Å². The van der Waals surface area contributed by atoms with Gasteiger partial charge in [-0.25, -0.2) is 13.1 Å². The normalized spacial score (nSPS) is 22.1. The van der Waals surface area contributed by atoms with Crippen LogP contribution >= 0.6 is 11.3 Å². The van der Waals surface area contributed by atoms with Crippen LogP contribution in [0.3, 0.4) is 0 Å². The molecule has 7 N–H and O–H groups in total. The van der Waals surface area contributed by atoms with E-state index in [2.05, 4.69) is 10.0 Å². The third-order valence-corrected chi connectivity index (χ3v) is 7.80. The van der Waals surface area contributed by atoms with E-state index in [0.29, 0.717) is 5.56 Å². The topological polar surface area (TPSA) is 179 Å². The first kappa shape index (κ1) is 23.9. The van der Waals surface area contributed by atoms with E-state index in [1.54, 1.807) is 23.6 Å². The molecule has 0 spiro atoms. The van der Waals surface area contributed by atoms with Gasteiger partial charge >= 0.3 is 0 Å². The highest BCUT2D eigenvalue weighted by Crippen LogP contribution is 2.23. The molecule has 0 bridgehead atoms. The van der Waals surface area contributed by atoms with E-state index >= 15 is 0 Å². The number of sulfonamides is 1. The van der Waals surface area contributed by atoms with Crippen LogP contribution in [0.1, 0.15) is 12.0 Å². The molecule has 1 aliphatic carbocycles. The number of carbonyl (C=O) groups excluding carboxylic acids is 2. The van der Waals surface area contributed by atoms with Crippen LogP contribution in [0.2, 0.25) is 0 Å². The SMILES string of the molecule is NC(=O)C(Cc1ccc(O)cc1)NC(=O)C1=CC(NS(=O)(=O)c2cccs2)C(O)C(O)C1. The zero-order valence-corrected chi connectivity index (χ0v) is 18.3. The van der Waals surface area contributed by atoms with Gasteiger partial charge < -0.3 is 26.4 Å². The summed E-state index contributed by atoms with van der Waals surface area (Å²) in [4.78, 5) is 24.6. The van der Waals surface area contributed by atoms with Crippen molar-refractivity contribution in [3.8, 4) is 5.75 Å². The molecule has 32 heavy (non-hydrogen) atoms. The molecule has 1 aromatic carbocycles. The average Bonchev–Trinajstić information content (AvgIpc) is 3.28. The number of hydrogen-bond acceptors (Lipinski definition) is 8. The van der Waals surface area contributed by atoms with Crippen molar-refractivity contribution in [2.45, 2.75) is 41.3 Å². The van der Waals surface area contributed by atoms with Crippen molar-refractivity contribution in [2.24, 2.45) is 5.73 Å². The van der Waals surface area contributed by atoms with Gasteiger partial charge in [-0.3, -0.25) is 9.59 Å². The highest BCUT2D eigenvalue weighted by atomic mass is 32.2. The number of hydrogen-bond donors (Lipinski definition) is 6. The van der Waals surface area contributed by atoms with Crippen molar-refractivity contribution in [3.05, 3.63) is 59.0 Å². The Bertz CT molecular complexity index is 1100. The Morgan fingerprint density at radius 2 is 1.88 bits per heavy atom. The minimum absolute atomic E-state index is 0.00126. The number of rotatable bonds is 8. The van der Waals surface area contributed by atoms with Crippen LogP contribution in [0.5, 0.6) is 5.75 Å². The molecule has 0 saturated heterocycles. The summed E-state index contributed by atoms with van der Waals surface area (Å²) in [6.45, 7) is 0. The molecule has 1 heterocycles. The van der Waals surface area contributed by atoms with E-state index in [1.165, 1.54) is 24.3 Å². The number of nitrogens with two attached hydrogens (primary N) is 1. The quantitative estimate of drug-likeness (QED) is 0.290. The van der Waals surface area contributed by atoms with E-state index in [1.807, 2.05) is 0 Å². The minimum Gasteiger partial charge on any atom is -0.508 e. The zero-order valence-electron chi connectivity index (χ0n) is 16.7. The number of aliphatic hydroxyl groups is 2. The molecule has 10 nitrogen and oxygen atoms in total. The van der Waals surface area contributed by atoms with Crippen LogP contribution in [0.4, 0.5) is 0 Å². The van der Waals surface area contributed by atoms with Crippen LogP contribution in [-0.2, 0) is 26.0 Å². The fourth-order valence-electron chi connectivity index (χ4n) is 3.24. The maximum absolute atomic E-state index is 12.8. The van der Waals surface area contributed by atoms with Gasteiger partial charge in [-0.15, -0.1) is 11.3 Å². The average molecular weight is 482 g/mol. The summed E-state index contributed by atoms with van der Waals surface area (Å²) in [6, 6.07) is 6.62. The Kier molecular flexibility index (Phi) is 7.31. The predicted octanol–water partition coefficient (Wildman–Crippen LogP) is -0.635. The molecule has 0 aliphatic heterocycles. The summed E-state index contributed by atoms with van der Waals surface area (Å²) in [6.07, 6.45) is -1.83. The van der Waals surface area contributed by atoms with Gasteiger partial charge in [0.2, 0.25) is 11.8 Å². The fraction of sp³-hybridized carbons (Fsp3) is 0.300. The Labute approximate surface area is 188 Å². The first-order valence-electron chi connectivity index (χ1n) is 9.57. The lowest BCUT2D eigenvalue weighted by atomic mass is 9.90. The molecule has 3 rings (SSSR count). The van der Waals surface area contributed by atoms with Gasteiger partial charge in [0.05, 0.1) is 12.1 Å². The highest BCUT2D eigenvalue weighted by Gasteiger charge is 2.36. The maximum atomic E-state index is 12.8. The lowest BCUT2D eigenvalue weighted by Crippen LogP contribution is -2.52. The molecule has 2 amide bonds. The summed E-state index contributed by atoms with van der Waals surface area (Å²) in [7, 11) is -3.98. The van der Waals surface area contributed by atoms with Gasteiger partial charge in [0.25, 0.3) is 10.0 Å². The first-order valence-corrected chi connectivity index (χ1v) is 11.9. The monoisotopic (exact) mass is 481 g/mol. The minimum atomic E-state index is -3.98. The van der Waals surface area contributed by atoms with Crippen molar-refractivity contribution in [1.82, 2.24) is 10.0 Å². The summed E-state index contributed by atoms with van der Waals surface area (Å²) in [5.41, 5.74) is 6.04. The van der Waals surface area contributed by atoms with Gasteiger partial charge in [-0.2, -0.15) is 0 Å². The van der Waals surface area contributed by atoms with Crippen molar-refractivity contribution in [2.75, 3.05) is 0 Å². The Morgan fingerprint density at radius 3 is 2.47 bits per heavy atom. The van der Waals surface area contributed by atoms with Gasteiger partial charge in [0.15, 0.2) is 0 Å². The lowest BCUT2D eigenvalue weighted by Gasteiger charge is -2.31. The third kappa shape index (κ3) is 5.72. The number of aromatic hydroxyl groups is 1. The van der Waals surface area contributed by atoms with Crippen molar-refractivity contribution < 1.29 is 33.3 Å². The van der Waals surface area contributed by atoms with E-state index in [-0.39, 0.29) is 28.4 Å². The molecule has 1 aromatic heterocycles. The molecule has 4 atom stereocenters. The summed E-state index contributed by atoms with van der Waals surface area (Å²) < 4.78 is 27.3. The Balaban J connectivity index is 1.76. The summed E-state index contributed by atoms with van der Waals surface area (Å²) in [5, 5.41) is 33.8. The molecule has 0 fully saturated rings. The second-order valence-corrected chi connectivity index (χ2v) is 10.2. The number of phenols is 1. The molecule has 0 radical (unpaired) electrons. The second-order valence-electron chi connectivity index (χ2n) is 7.33. The molecular weight excluding hydrogens is 458 g/mol. The third-order valence-electron chi connectivity index (χ3n) is 4.94. The molecular formula is C20H23N3O7S2. The molecule has 12 heteroatoms. The summed E-state index contributed by atoms with van der Waals surface area (Å²) >= 11 is 0.979. The van der Waals surface area contributed by atoms with Crippen molar-refractivity contribution >= 4 is 33.2 Å². The highest BCUT2D eigenvalue weighted by molar-refractivity contribution is 7.91. The molecule has 2 aromatic rings. The number of thiophene rings is 1. The van der Waals surface area contributed by atoms with E-state index in [0.717, 1.165) is 11.3 Å². The number of nitrogens with one attached hydrogen (secondary N) is 2. The Hall–Kier alpha value is -2.77. The van der Waals surface area contributed by atoms with Gasteiger partial charge in [-0.1, -0.05) is 24.3 Å². The van der Waals surface area contributed by atoms with Gasteiger partial charge in [-0.05, 0) is 29.1 Å². The molecule has 1 aliphatic rings. The van der Waals surface area contributed by atoms with Crippen LogP contribution in [0.25, 0.3) is 0 Å². The van der Waals surface area contributed by atoms with Crippen LogP contribution in [0.15, 0.2) is 57.6 Å². The smallest absolute Gasteiger partial charge is 0.250 e. The molecule has 0 saturated carbocycles. The van der Waals surface area contributed by atoms with Crippen LogP contribution in [0, 0.1) is 0 Å². The number of primary amides is 1. The lowest BCUT2D eigenvalue weighted by molar-refractivity contribution is -0.125. The number of phenolic OH excluding ortho intramolecular Hbond substituents is 1. The van der Waals surface area contributed by atoms with Gasteiger partial charge in [0, 0.05) is 18.4 Å². The number of benzene rings is 1. The number of aliphatic hydroxyl groups excluding tert-OH is 2. The molecule has 4 unspecified atom stereocenters. The fourth-order valence-corrected chi connectivity index (χ4v) is 5.44. The first-order chi connectivity index (χ1) is 15.1. The van der Waals surface area contributed by atoms with Crippen molar-refractivity contribution in [1.29, 1.82) is 0 Å². The maximum Gasteiger partial charge on any atom is 0.250 e. The van der Waals surface area contributed by atoms with Gasteiger partial charge in [0.1, 0.15) is 22.1 Å². The van der Waals surface area contributed by atoms with E-state index < -0.39 is 46.1 Å². The second kappa shape index (κ2) is 9.79. The van der Waals surface area contributed by atoms with E-state index in [4.69, 9.17) is 5.73 Å². The van der Waals surface area contributed by atoms with Crippen LogP contribution in [-0.4, -0.2) is 59.8 Å². The Morgan fingerprint density at radius 1 is 1.19 bits per heavy atom. The largest absolute Gasteiger partial charge is 0.508 e.